The maximum atomic E-state index is 12.9. The topological polar surface area (TPSA) is 58.6 Å². The van der Waals surface area contributed by atoms with E-state index in [9.17, 15) is 9.59 Å². The van der Waals surface area contributed by atoms with Gasteiger partial charge in [0.05, 0.1) is 0 Å². The number of piperidine rings is 1. The van der Waals surface area contributed by atoms with Crippen molar-refractivity contribution in [2.45, 2.75) is 83.3 Å². The van der Waals surface area contributed by atoms with Crippen molar-refractivity contribution in [3.63, 3.8) is 0 Å². The third-order valence-corrected chi connectivity index (χ3v) is 11.1. The van der Waals surface area contributed by atoms with Gasteiger partial charge in [-0.05, 0) is 105 Å². The van der Waals surface area contributed by atoms with Crippen LogP contribution in [0.5, 0.6) is 0 Å². The molecule has 3 saturated carbocycles. The first-order valence-electron chi connectivity index (χ1n) is 14.9. The molecule has 1 heterocycles. The Morgan fingerprint density at radius 1 is 1.05 bits per heavy atom. The van der Waals surface area contributed by atoms with Crippen LogP contribution in [0.15, 0.2) is 30.3 Å². The maximum Gasteiger partial charge on any atom is 0.331 e. The Balaban J connectivity index is 1.21. The number of carbonyl (C=O) groups excluding carboxylic acids is 2. The molecule has 1 aromatic rings. The molecular formula is C32H44Cl2N2O3. The van der Waals surface area contributed by atoms with Gasteiger partial charge in [0.1, 0.15) is 6.10 Å². The minimum Gasteiger partial charge on any atom is -0.459 e. The lowest BCUT2D eigenvalue weighted by Crippen LogP contribution is -2.63. The van der Waals surface area contributed by atoms with E-state index >= 15 is 0 Å². The molecule has 5 nitrogen and oxygen atoms in total. The number of hydrogen-bond donors (Lipinski definition) is 1. The van der Waals surface area contributed by atoms with E-state index in [-0.39, 0.29) is 23.5 Å². The molecule has 5 rings (SSSR count). The number of hydrogen-bond acceptors (Lipinski definition) is 4. The summed E-state index contributed by atoms with van der Waals surface area (Å²) in [5.41, 5.74) is 2.26. The molecule has 1 N–H and O–H groups in total. The molecule has 0 spiro atoms. The highest BCUT2D eigenvalue weighted by molar-refractivity contribution is 6.18. The van der Waals surface area contributed by atoms with Gasteiger partial charge in [-0.1, -0.05) is 25.1 Å². The quantitative estimate of drug-likeness (QED) is 0.210. The lowest BCUT2D eigenvalue weighted by Gasteiger charge is -2.62. The van der Waals surface area contributed by atoms with E-state index in [1.807, 2.05) is 30.3 Å². The van der Waals surface area contributed by atoms with Gasteiger partial charge in [-0.15, -0.1) is 23.2 Å². The van der Waals surface area contributed by atoms with E-state index in [1.165, 1.54) is 19.3 Å². The number of nitrogens with zero attached hydrogens (tertiary/aromatic N) is 1. The molecular weight excluding hydrogens is 531 g/mol. The van der Waals surface area contributed by atoms with Crippen LogP contribution in [0.2, 0.25) is 0 Å². The lowest BCUT2D eigenvalue weighted by molar-refractivity contribution is -0.158. The summed E-state index contributed by atoms with van der Waals surface area (Å²) in [5.74, 6) is 3.59. The van der Waals surface area contributed by atoms with Crippen LogP contribution in [0, 0.1) is 29.1 Å². The van der Waals surface area contributed by atoms with Crippen molar-refractivity contribution in [1.29, 1.82) is 0 Å². The van der Waals surface area contributed by atoms with Crippen LogP contribution in [-0.4, -0.2) is 48.4 Å². The van der Waals surface area contributed by atoms with E-state index in [2.05, 4.69) is 24.1 Å². The van der Waals surface area contributed by atoms with Crippen LogP contribution in [0.25, 0.3) is 6.08 Å². The van der Waals surface area contributed by atoms with Gasteiger partial charge in [-0.2, -0.15) is 0 Å². The number of rotatable bonds is 8. The van der Waals surface area contributed by atoms with Crippen molar-refractivity contribution in [1.82, 2.24) is 5.32 Å². The summed E-state index contributed by atoms with van der Waals surface area (Å²) < 4.78 is 6.02. The maximum absolute atomic E-state index is 12.9. The number of halogens is 2. The number of fused-ring (bicyclic) bond motifs is 5. The van der Waals surface area contributed by atoms with Crippen molar-refractivity contribution >= 4 is 46.8 Å². The second kappa shape index (κ2) is 12.0. The largest absolute Gasteiger partial charge is 0.459 e. The molecule has 1 aliphatic heterocycles. The Hall–Kier alpha value is -1.72. The minimum atomic E-state index is -0.264. The Morgan fingerprint density at radius 3 is 2.59 bits per heavy atom. The van der Waals surface area contributed by atoms with Crippen LogP contribution in [0.3, 0.4) is 0 Å². The number of anilines is 1. The predicted molar refractivity (Wildman–Crippen MR) is 159 cm³/mol. The van der Waals surface area contributed by atoms with Gasteiger partial charge in [0, 0.05) is 48.6 Å². The van der Waals surface area contributed by atoms with Gasteiger partial charge in [-0.25, -0.2) is 4.79 Å². The first-order chi connectivity index (χ1) is 18.8. The normalized spacial score (nSPS) is 35.9. The summed E-state index contributed by atoms with van der Waals surface area (Å²) in [6.07, 6.45) is 12.9. The summed E-state index contributed by atoms with van der Waals surface area (Å²) in [6.45, 7) is 6.19. The number of esters is 1. The first kappa shape index (κ1) is 28.8. The number of alkyl halides is 2. The van der Waals surface area contributed by atoms with E-state index in [1.54, 1.807) is 6.08 Å². The standard InChI is InChI=1S/C32H44Cl2N2O3/c1-31-15-13-24(39-30(38)12-7-22-5-3-4-6-28(22)36(19-17-33)20-18-34)21-23(31)8-9-25-26(31)14-16-32(2)27(25)10-11-29(37)35-32/h3-7,12,23-27H,8-11,13-21H2,1-2H3,(H,35,37)/b12-7+/t23-,24-,25+,26-,27-,31-,32-/m0/s1. The number of para-hydroxylation sites is 1. The molecule has 39 heavy (non-hydrogen) atoms. The number of ether oxygens (including phenoxy) is 1. The Morgan fingerprint density at radius 2 is 1.82 bits per heavy atom. The smallest absolute Gasteiger partial charge is 0.331 e. The highest BCUT2D eigenvalue weighted by atomic mass is 35.5. The average Bonchev–Trinajstić information content (AvgIpc) is 2.91. The van der Waals surface area contributed by atoms with Gasteiger partial charge in [0.15, 0.2) is 0 Å². The van der Waals surface area contributed by atoms with Crippen LogP contribution in [0.1, 0.15) is 77.2 Å². The van der Waals surface area contributed by atoms with Gasteiger partial charge in [-0.3, -0.25) is 4.79 Å². The highest BCUT2D eigenvalue weighted by Crippen LogP contribution is 2.62. The van der Waals surface area contributed by atoms with E-state index in [0.29, 0.717) is 60.4 Å². The molecule has 0 bridgehead atoms. The fourth-order valence-electron chi connectivity index (χ4n) is 8.84. The van der Waals surface area contributed by atoms with E-state index in [4.69, 9.17) is 27.9 Å². The third-order valence-electron chi connectivity index (χ3n) is 10.8. The number of carbonyl (C=O) groups is 2. The van der Waals surface area contributed by atoms with E-state index in [0.717, 1.165) is 43.4 Å². The molecule has 4 fully saturated rings. The average molecular weight is 576 g/mol. The molecule has 7 heteroatoms. The van der Waals surface area contributed by atoms with Crippen LogP contribution < -0.4 is 10.2 Å². The summed E-state index contributed by atoms with van der Waals surface area (Å²) in [7, 11) is 0. The number of benzene rings is 1. The molecule has 1 amide bonds. The summed E-state index contributed by atoms with van der Waals surface area (Å²) in [4.78, 5) is 27.2. The van der Waals surface area contributed by atoms with Crippen molar-refractivity contribution in [2.24, 2.45) is 29.1 Å². The van der Waals surface area contributed by atoms with Crippen molar-refractivity contribution in [3.8, 4) is 0 Å². The number of nitrogens with one attached hydrogen (secondary N) is 1. The molecule has 4 aliphatic rings. The predicted octanol–water partition coefficient (Wildman–Crippen LogP) is 6.81. The number of amides is 1. The van der Waals surface area contributed by atoms with Crippen LogP contribution >= 0.6 is 23.2 Å². The van der Waals surface area contributed by atoms with Crippen molar-refractivity contribution in [3.05, 3.63) is 35.9 Å². The Kier molecular flexibility index (Phi) is 8.88. The molecule has 1 saturated heterocycles. The molecule has 0 aromatic heterocycles. The van der Waals surface area contributed by atoms with Gasteiger partial charge in [0.25, 0.3) is 0 Å². The zero-order valence-electron chi connectivity index (χ0n) is 23.5. The first-order valence-corrected chi connectivity index (χ1v) is 16.0. The zero-order chi connectivity index (χ0) is 27.6. The van der Waals surface area contributed by atoms with Crippen molar-refractivity contribution < 1.29 is 14.3 Å². The molecule has 7 atom stereocenters. The zero-order valence-corrected chi connectivity index (χ0v) is 25.0. The molecule has 214 valence electrons. The van der Waals surface area contributed by atoms with Gasteiger partial charge >= 0.3 is 5.97 Å². The fraction of sp³-hybridized carbons (Fsp3) is 0.688. The van der Waals surface area contributed by atoms with E-state index < -0.39 is 0 Å². The molecule has 1 aromatic carbocycles. The molecule has 3 aliphatic carbocycles. The van der Waals surface area contributed by atoms with Gasteiger partial charge in [0.2, 0.25) is 5.91 Å². The summed E-state index contributed by atoms with van der Waals surface area (Å²) in [6, 6.07) is 8.01. The fourth-order valence-corrected chi connectivity index (χ4v) is 9.24. The van der Waals surface area contributed by atoms with Crippen molar-refractivity contribution in [2.75, 3.05) is 29.7 Å². The Labute approximate surface area is 244 Å². The lowest BCUT2D eigenvalue weighted by atomic mass is 9.45. The third kappa shape index (κ3) is 5.86. The Bertz CT molecular complexity index is 1070. The highest BCUT2D eigenvalue weighted by Gasteiger charge is 2.58. The molecule has 0 unspecified atom stereocenters. The summed E-state index contributed by atoms with van der Waals surface area (Å²) in [5, 5.41) is 3.37. The minimum absolute atomic E-state index is 0.0150. The second-order valence-corrected chi connectivity index (χ2v) is 13.5. The monoisotopic (exact) mass is 574 g/mol. The SMILES string of the molecule is C[C@]12CC[C@H](OC(=O)/C=C/c3ccccc3N(CCCl)CCCl)C[C@@H]1CC[C@@H]1[C@@H]2CC[C@]2(C)NC(=O)CC[C@@H]12. The second-order valence-electron chi connectivity index (χ2n) is 12.8. The molecule has 0 radical (unpaired) electrons. The van der Waals surface area contributed by atoms with Crippen LogP contribution in [0.4, 0.5) is 5.69 Å². The van der Waals surface area contributed by atoms with Gasteiger partial charge < -0.3 is 15.0 Å². The summed E-state index contributed by atoms with van der Waals surface area (Å²) >= 11 is 12.0. The van der Waals surface area contributed by atoms with Crippen LogP contribution in [-0.2, 0) is 14.3 Å².